The maximum atomic E-state index is 11.8. The van der Waals surface area contributed by atoms with Crippen molar-refractivity contribution >= 4 is 35.2 Å². The van der Waals surface area contributed by atoms with Crippen LogP contribution >= 0.6 is 23.4 Å². The van der Waals surface area contributed by atoms with Gasteiger partial charge in [-0.1, -0.05) is 23.8 Å². The fourth-order valence-electron chi connectivity index (χ4n) is 2.06. The molecule has 21 heavy (non-hydrogen) atoms. The molecular formula is C15H16ClNO3S. The fraction of sp³-hybridized carbons (Fsp3) is 0.333. The summed E-state index contributed by atoms with van der Waals surface area (Å²) in [5.74, 6) is -0.719. The van der Waals surface area contributed by atoms with Crippen LogP contribution in [0.2, 0.25) is 5.02 Å². The Morgan fingerprint density at radius 1 is 1.29 bits per heavy atom. The standard InChI is InChI=1S/C15H16ClNO3S/c16-11-2-5-13(6-3-11)21-8-7-14(18)17-12-4-1-10(9-12)15(19)20/h1-6,10,12H,7-9H2,(H,17,18)(H,19,20). The van der Waals surface area contributed by atoms with Crippen molar-refractivity contribution < 1.29 is 14.7 Å². The van der Waals surface area contributed by atoms with Gasteiger partial charge in [0.25, 0.3) is 0 Å². The van der Waals surface area contributed by atoms with Gasteiger partial charge in [-0.05, 0) is 30.7 Å². The minimum Gasteiger partial charge on any atom is -0.481 e. The number of amides is 1. The van der Waals surface area contributed by atoms with E-state index in [0.29, 0.717) is 23.6 Å². The second-order valence-electron chi connectivity index (χ2n) is 4.79. The minimum atomic E-state index is -0.846. The third kappa shape index (κ3) is 5.10. The Labute approximate surface area is 132 Å². The first-order valence-corrected chi connectivity index (χ1v) is 8.00. The van der Waals surface area contributed by atoms with Crippen LogP contribution in [0.1, 0.15) is 12.8 Å². The van der Waals surface area contributed by atoms with Gasteiger partial charge < -0.3 is 10.4 Å². The van der Waals surface area contributed by atoms with E-state index in [1.54, 1.807) is 23.9 Å². The molecular weight excluding hydrogens is 310 g/mol. The Morgan fingerprint density at radius 3 is 2.62 bits per heavy atom. The third-order valence-electron chi connectivity index (χ3n) is 3.16. The van der Waals surface area contributed by atoms with Gasteiger partial charge in [0.1, 0.15) is 0 Å². The average Bonchev–Trinajstić information content (AvgIpc) is 2.90. The molecule has 6 heteroatoms. The molecule has 0 spiro atoms. The van der Waals surface area contributed by atoms with E-state index in [1.165, 1.54) is 0 Å². The molecule has 1 amide bonds. The lowest BCUT2D eigenvalue weighted by Crippen LogP contribution is -2.33. The molecule has 2 N–H and O–H groups in total. The van der Waals surface area contributed by atoms with Gasteiger partial charge in [-0.2, -0.15) is 0 Å². The van der Waals surface area contributed by atoms with Crippen LogP contribution in [-0.4, -0.2) is 28.8 Å². The highest BCUT2D eigenvalue weighted by Gasteiger charge is 2.25. The summed E-state index contributed by atoms with van der Waals surface area (Å²) in [6, 6.07) is 7.31. The van der Waals surface area contributed by atoms with Crippen LogP contribution in [0.25, 0.3) is 0 Å². The molecule has 0 saturated carbocycles. The highest BCUT2D eigenvalue weighted by Crippen LogP contribution is 2.21. The Hall–Kier alpha value is -1.46. The first kappa shape index (κ1) is 15.9. The molecule has 0 radical (unpaired) electrons. The summed E-state index contributed by atoms with van der Waals surface area (Å²) in [6.07, 6.45) is 4.22. The number of aliphatic carboxylic acids is 1. The van der Waals surface area contributed by atoms with Crippen LogP contribution in [0.15, 0.2) is 41.3 Å². The molecule has 0 bridgehead atoms. The molecule has 1 aliphatic carbocycles. The van der Waals surface area contributed by atoms with Crippen molar-refractivity contribution in [2.75, 3.05) is 5.75 Å². The predicted octanol–water partition coefficient (Wildman–Crippen LogP) is 2.97. The van der Waals surface area contributed by atoms with Gasteiger partial charge in [0, 0.05) is 28.1 Å². The smallest absolute Gasteiger partial charge is 0.310 e. The monoisotopic (exact) mass is 325 g/mol. The number of carboxylic acid groups (broad SMARTS) is 1. The van der Waals surface area contributed by atoms with Crippen molar-refractivity contribution in [3.05, 3.63) is 41.4 Å². The number of hydrogen-bond donors (Lipinski definition) is 2. The van der Waals surface area contributed by atoms with Crippen molar-refractivity contribution in [1.29, 1.82) is 0 Å². The van der Waals surface area contributed by atoms with E-state index in [1.807, 2.05) is 24.3 Å². The number of nitrogens with one attached hydrogen (secondary N) is 1. The lowest BCUT2D eigenvalue weighted by molar-refractivity contribution is -0.140. The van der Waals surface area contributed by atoms with Crippen molar-refractivity contribution in [1.82, 2.24) is 5.32 Å². The van der Waals surface area contributed by atoms with E-state index in [0.717, 1.165) is 4.90 Å². The maximum absolute atomic E-state index is 11.8. The predicted molar refractivity (Wildman–Crippen MR) is 83.6 cm³/mol. The molecule has 2 unspecified atom stereocenters. The molecule has 1 aromatic rings. The molecule has 0 heterocycles. The Morgan fingerprint density at radius 2 is 2.00 bits per heavy atom. The summed E-state index contributed by atoms with van der Waals surface area (Å²) in [7, 11) is 0. The fourth-order valence-corrected chi connectivity index (χ4v) is 3.04. The molecule has 0 aliphatic heterocycles. The average molecular weight is 326 g/mol. The minimum absolute atomic E-state index is 0.0582. The van der Waals surface area contributed by atoms with E-state index in [4.69, 9.17) is 16.7 Å². The van der Waals surface area contributed by atoms with E-state index in [-0.39, 0.29) is 11.9 Å². The van der Waals surface area contributed by atoms with Crippen molar-refractivity contribution in [3.63, 3.8) is 0 Å². The van der Waals surface area contributed by atoms with Crippen LogP contribution in [0.3, 0.4) is 0 Å². The van der Waals surface area contributed by atoms with Gasteiger partial charge in [-0.25, -0.2) is 0 Å². The number of thioether (sulfide) groups is 1. The highest BCUT2D eigenvalue weighted by atomic mass is 35.5. The number of hydrogen-bond acceptors (Lipinski definition) is 3. The molecule has 112 valence electrons. The van der Waals surface area contributed by atoms with Gasteiger partial charge in [0.2, 0.25) is 5.91 Å². The lowest BCUT2D eigenvalue weighted by Gasteiger charge is -2.12. The van der Waals surface area contributed by atoms with E-state index >= 15 is 0 Å². The molecule has 1 aromatic carbocycles. The normalized spacial score (nSPS) is 20.4. The zero-order chi connectivity index (χ0) is 15.2. The van der Waals surface area contributed by atoms with E-state index in [2.05, 4.69) is 5.32 Å². The second-order valence-corrected chi connectivity index (χ2v) is 6.40. The summed E-state index contributed by atoms with van der Waals surface area (Å²) in [4.78, 5) is 23.7. The van der Waals surface area contributed by atoms with Gasteiger partial charge in [-0.3, -0.25) is 9.59 Å². The Kier molecular flexibility index (Phi) is 5.70. The molecule has 0 fully saturated rings. The number of carbonyl (C=O) groups excluding carboxylic acids is 1. The SMILES string of the molecule is O=C(CCSc1ccc(Cl)cc1)NC1C=CC(C(=O)O)C1. The quantitative estimate of drug-likeness (QED) is 0.623. The van der Waals surface area contributed by atoms with E-state index < -0.39 is 11.9 Å². The number of carbonyl (C=O) groups is 2. The topological polar surface area (TPSA) is 66.4 Å². The number of rotatable bonds is 6. The Balaban J connectivity index is 1.67. The van der Waals surface area contributed by atoms with Crippen molar-refractivity contribution in [2.24, 2.45) is 5.92 Å². The molecule has 4 nitrogen and oxygen atoms in total. The molecule has 0 aromatic heterocycles. The zero-order valence-corrected chi connectivity index (χ0v) is 12.9. The summed E-state index contributed by atoms with van der Waals surface area (Å²) >= 11 is 7.39. The van der Waals surface area contributed by atoms with Crippen LogP contribution in [0.5, 0.6) is 0 Å². The first-order valence-electron chi connectivity index (χ1n) is 6.63. The van der Waals surface area contributed by atoms with E-state index in [9.17, 15) is 9.59 Å². The summed E-state index contributed by atoms with van der Waals surface area (Å²) in [6.45, 7) is 0. The zero-order valence-electron chi connectivity index (χ0n) is 11.3. The molecule has 2 atom stereocenters. The Bertz CT molecular complexity index is 544. The first-order chi connectivity index (χ1) is 10.0. The van der Waals surface area contributed by atoms with Gasteiger partial charge in [-0.15, -0.1) is 11.8 Å². The second kappa shape index (κ2) is 7.52. The molecule has 0 saturated heterocycles. The lowest BCUT2D eigenvalue weighted by atomic mass is 10.1. The highest BCUT2D eigenvalue weighted by molar-refractivity contribution is 7.99. The van der Waals surface area contributed by atoms with Gasteiger partial charge in [0.05, 0.1) is 5.92 Å². The van der Waals surface area contributed by atoms with Crippen LogP contribution in [0, 0.1) is 5.92 Å². The summed E-state index contributed by atoms with van der Waals surface area (Å²) in [5, 5.41) is 12.4. The largest absolute Gasteiger partial charge is 0.481 e. The summed E-state index contributed by atoms with van der Waals surface area (Å²) in [5.41, 5.74) is 0. The third-order valence-corrected chi connectivity index (χ3v) is 4.42. The molecule has 1 aliphatic rings. The van der Waals surface area contributed by atoms with Crippen molar-refractivity contribution in [3.8, 4) is 0 Å². The van der Waals surface area contributed by atoms with Crippen LogP contribution < -0.4 is 5.32 Å². The number of halogens is 1. The number of benzene rings is 1. The van der Waals surface area contributed by atoms with Crippen molar-refractivity contribution in [2.45, 2.75) is 23.8 Å². The van der Waals surface area contributed by atoms with Crippen LogP contribution in [0.4, 0.5) is 0 Å². The molecule has 2 rings (SSSR count). The number of carboxylic acids is 1. The summed E-state index contributed by atoms with van der Waals surface area (Å²) < 4.78 is 0. The maximum Gasteiger partial charge on any atom is 0.310 e. The van der Waals surface area contributed by atoms with Gasteiger partial charge >= 0.3 is 5.97 Å². The van der Waals surface area contributed by atoms with Gasteiger partial charge in [0.15, 0.2) is 0 Å². The van der Waals surface area contributed by atoms with Crippen LogP contribution in [-0.2, 0) is 9.59 Å².